The first kappa shape index (κ1) is 38.3. The molecule has 50 heavy (non-hydrogen) atoms. The van der Waals surface area contributed by atoms with E-state index in [1.54, 1.807) is 34.1 Å². The van der Waals surface area contributed by atoms with Crippen LogP contribution < -0.4 is 14.7 Å². The minimum atomic E-state index is -0.0849. The second-order valence-electron chi connectivity index (χ2n) is 11.9. The van der Waals surface area contributed by atoms with Crippen molar-refractivity contribution in [1.29, 1.82) is 0 Å². The van der Waals surface area contributed by atoms with Crippen molar-refractivity contribution in [3.05, 3.63) is 124 Å². The Morgan fingerprint density at radius 1 is 0.780 bits per heavy atom. The van der Waals surface area contributed by atoms with Crippen molar-refractivity contribution in [3.63, 3.8) is 0 Å². The molecular weight excluding hydrogens is 684 g/mol. The second-order valence-corrected chi connectivity index (χ2v) is 14.4. The van der Waals surface area contributed by atoms with Gasteiger partial charge in [0.1, 0.15) is 0 Å². The quantitative estimate of drug-likeness (QED) is 0.154. The van der Waals surface area contributed by atoms with Crippen molar-refractivity contribution >= 4 is 86.5 Å². The summed E-state index contributed by atoms with van der Waals surface area (Å²) in [5.74, 6) is -0.118. The molecule has 2 saturated heterocycles. The lowest BCUT2D eigenvalue weighted by molar-refractivity contribution is -0.121. The van der Waals surface area contributed by atoms with E-state index in [9.17, 15) is 9.59 Å². The van der Waals surface area contributed by atoms with Crippen LogP contribution in [0.1, 0.15) is 25.0 Å². The minimum absolute atomic E-state index is 0.0330. The molecular formula is C39H43ClN6O2S2. The Morgan fingerprint density at radius 3 is 1.80 bits per heavy atom. The SMILES string of the molecule is C=CCN=C1S/C(=C\c2ccc(N(C)C)cc2)C(=O)N1CC=C.CC(C)N=C1S/C(=C\c2ccc(N(C)C)cc2)C(=O)N1c1cccc(Cl)c1. The smallest absolute Gasteiger partial charge is 0.271 e. The summed E-state index contributed by atoms with van der Waals surface area (Å²) < 4.78 is 0. The molecule has 0 spiro atoms. The van der Waals surface area contributed by atoms with Gasteiger partial charge in [-0.3, -0.25) is 29.4 Å². The summed E-state index contributed by atoms with van der Waals surface area (Å²) in [6, 6.07) is 23.5. The van der Waals surface area contributed by atoms with Gasteiger partial charge in [0.25, 0.3) is 11.8 Å². The zero-order chi connectivity index (χ0) is 36.4. The number of benzene rings is 3. The minimum Gasteiger partial charge on any atom is -0.378 e. The predicted octanol–water partition coefficient (Wildman–Crippen LogP) is 8.69. The number of carbonyl (C=O) groups is 2. The summed E-state index contributed by atoms with van der Waals surface area (Å²) in [5, 5.41) is 1.96. The first-order valence-electron chi connectivity index (χ1n) is 16.0. The van der Waals surface area contributed by atoms with E-state index in [1.807, 2.05) is 125 Å². The number of anilines is 3. The van der Waals surface area contributed by atoms with E-state index in [4.69, 9.17) is 11.6 Å². The summed E-state index contributed by atoms with van der Waals surface area (Å²) >= 11 is 8.92. The van der Waals surface area contributed by atoms with Gasteiger partial charge < -0.3 is 9.80 Å². The summed E-state index contributed by atoms with van der Waals surface area (Å²) in [6.07, 6.45) is 7.23. The van der Waals surface area contributed by atoms with Crippen molar-refractivity contribution in [2.24, 2.45) is 9.98 Å². The van der Waals surface area contributed by atoms with Crippen molar-refractivity contribution in [1.82, 2.24) is 4.90 Å². The zero-order valence-electron chi connectivity index (χ0n) is 29.3. The van der Waals surface area contributed by atoms with Crippen LogP contribution in [-0.4, -0.2) is 74.4 Å². The molecule has 0 aliphatic carbocycles. The summed E-state index contributed by atoms with van der Waals surface area (Å²) in [5.41, 5.74) is 4.94. The van der Waals surface area contributed by atoms with Gasteiger partial charge in [0.2, 0.25) is 0 Å². The summed E-state index contributed by atoms with van der Waals surface area (Å²) in [4.78, 5) is 43.3. The molecule has 260 valence electrons. The van der Waals surface area contributed by atoms with E-state index in [0.29, 0.717) is 38.3 Å². The van der Waals surface area contributed by atoms with Gasteiger partial charge >= 0.3 is 0 Å². The van der Waals surface area contributed by atoms with Crippen LogP contribution in [-0.2, 0) is 9.59 Å². The molecule has 0 atom stereocenters. The molecule has 8 nitrogen and oxygen atoms in total. The molecule has 11 heteroatoms. The average Bonchev–Trinajstić information content (AvgIpc) is 3.54. The maximum Gasteiger partial charge on any atom is 0.271 e. The second kappa shape index (κ2) is 17.9. The highest BCUT2D eigenvalue weighted by molar-refractivity contribution is 8.19. The number of amides is 2. The fraction of sp³-hybridized carbons (Fsp3) is 0.231. The van der Waals surface area contributed by atoms with Crippen molar-refractivity contribution < 1.29 is 9.59 Å². The lowest BCUT2D eigenvalue weighted by Gasteiger charge is -2.16. The van der Waals surface area contributed by atoms with E-state index in [0.717, 1.165) is 28.2 Å². The average molecular weight is 727 g/mol. The molecule has 3 aromatic carbocycles. The number of nitrogens with zero attached hydrogens (tertiary/aromatic N) is 6. The van der Waals surface area contributed by atoms with Crippen molar-refractivity contribution in [2.75, 3.05) is 56.0 Å². The first-order valence-corrected chi connectivity index (χ1v) is 18.0. The normalized spacial score (nSPS) is 17.6. The fourth-order valence-electron chi connectivity index (χ4n) is 4.72. The number of rotatable bonds is 10. The third-order valence-electron chi connectivity index (χ3n) is 7.21. The van der Waals surface area contributed by atoms with Gasteiger partial charge in [-0.15, -0.1) is 13.2 Å². The van der Waals surface area contributed by atoms with Gasteiger partial charge in [0, 0.05) is 57.2 Å². The summed E-state index contributed by atoms with van der Waals surface area (Å²) in [7, 11) is 8.00. The Morgan fingerprint density at radius 2 is 1.32 bits per heavy atom. The number of hydrogen-bond acceptors (Lipinski definition) is 8. The standard InChI is InChI=1S/C21H22ClN3OS.C18H21N3OS/c1-14(2)23-21-25(18-7-5-6-16(22)13-18)20(26)19(27-21)12-15-8-10-17(11-9-15)24(3)4;1-5-11-19-18-21(12-6-2)17(22)16(23-18)13-14-7-9-15(10-8-14)20(3)4/h5-14H,1-4H3;5-10,13H,1-2,11-12H2,3-4H3/b19-12-,23-21?;16-13-,19-18?. The topological polar surface area (TPSA) is 71.8 Å². The highest BCUT2D eigenvalue weighted by atomic mass is 35.5. The highest BCUT2D eigenvalue weighted by Crippen LogP contribution is 2.37. The van der Waals surface area contributed by atoms with Gasteiger partial charge in [-0.1, -0.05) is 54.1 Å². The van der Waals surface area contributed by atoms with Crippen molar-refractivity contribution in [3.8, 4) is 0 Å². The number of hydrogen-bond donors (Lipinski definition) is 0. The van der Waals surface area contributed by atoms with Gasteiger partial charge in [-0.25, -0.2) is 0 Å². The molecule has 5 rings (SSSR count). The van der Waals surface area contributed by atoms with E-state index < -0.39 is 0 Å². The fourth-order valence-corrected chi connectivity index (χ4v) is 7.02. The molecule has 2 fully saturated rings. The van der Waals surface area contributed by atoms with Crippen LogP contribution in [0.25, 0.3) is 12.2 Å². The monoisotopic (exact) mass is 726 g/mol. The molecule has 2 aliphatic rings. The van der Waals surface area contributed by atoms with Gasteiger partial charge in [0.05, 0.1) is 22.0 Å². The van der Waals surface area contributed by atoms with E-state index >= 15 is 0 Å². The van der Waals surface area contributed by atoms with Gasteiger partial charge in [0.15, 0.2) is 10.3 Å². The number of aliphatic imine (C=N–C) groups is 2. The van der Waals surface area contributed by atoms with Crippen molar-refractivity contribution in [2.45, 2.75) is 19.9 Å². The molecule has 2 amide bonds. The van der Waals surface area contributed by atoms with Crippen LogP contribution in [0.3, 0.4) is 0 Å². The number of carbonyl (C=O) groups excluding carboxylic acids is 2. The van der Waals surface area contributed by atoms with Gasteiger partial charge in [-0.2, -0.15) is 0 Å². The Labute approximate surface area is 309 Å². The Kier molecular flexibility index (Phi) is 13.7. The maximum absolute atomic E-state index is 13.1. The van der Waals surface area contributed by atoms with Crippen LogP contribution in [0.15, 0.2) is 118 Å². The van der Waals surface area contributed by atoms with E-state index in [1.165, 1.54) is 23.5 Å². The van der Waals surface area contributed by atoms with Crippen LogP contribution in [0.4, 0.5) is 17.1 Å². The molecule has 0 bridgehead atoms. The molecule has 0 N–H and O–H groups in total. The summed E-state index contributed by atoms with van der Waals surface area (Å²) in [6.45, 7) is 12.3. The molecule has 0 radical (unpaired) electrons. The van der Waals surface area contributed by atoms with Crippen LogP contribution in [0.2, 0.25) is 5.02 Å². The lowest BCUT2D eigenvalue weighted by Crippen LogP contribution is -2.29. The molecule has 2 aliphatic heterocycles. The van der Waals surface area contributed by atoms with Gasteiger partial charge in [-0.05, 0) is 103 Å². The third-order valence-corrected chi connectivity index (χ3v) is 9.47. The number of amidine groups is 2. The largest absolute Gasteiger partial charge is 0.378 e. The van der Waals surface area contributed by atoms with Crippen LogP contribution in [0.5, 0.6) is 0 Å². The Hall–Kier alpha value is -4.51. The van der Waals surface area contributed by atoms with Crippen LogP contribution in [0, 0.1) is 0 Å². The maximum atomic E-state index is 13.1. The number of thioether (sulfide) groups is 2. The lowest BCUT2D eigenvalue weighted by atomic mass is 10.2. The molecule has 0 unspecified atom stereocenters. The molecule has 3 aromatic rings. The Bertz CT molecular complexity index is 1830. The zero-order valence-corrected chi connectivity index (χ0v) is 31.7. The molecule has 0 saturated carbocycles. The van der Waals surface area contributed by atoms with E-state index in [-0.39, 0.29) is 17.9 Å². The molecule has 2 heterocycles. The molecule has 0 aromatic heterocycles. The van der Waals surface area contributed by atoms with Crippen LogP contribution >= 0.6 is 35.1 Å². The predicted molar refractivity (Wildman–Crippen MR) is 219 cm³/mol. The highest BCUT2D eigenvalue weighted by Gasteiger charge is 2.35. The third kappa shape index (κ3) is 10.0. The first-order chi connectivity index (χ1) is 23.9. The van der Waals surface area contributed by atoms with E-state index in [2.05, 4.69) is 23.1 Å². The Balaban J connectivity index is 0.000000228. The number of halogens is 1.